The van der Waals surface area contributed by atoms with E-state index in [-0.39, 0.29) is 5.41 Å². The lowest BCUT2D eigenvalue weighted by atomic mass is 9.96. The standard InChI is InChI=1S/C12H15N5S/c1-12(2,3)10-15-16-11(18)17(10)14-8-9-4-6-13-7-5-9/h4-8H,1-3H3,(H,16,18)/b14-8-. The van der Waals surface area contributed by atoms with Crippen LogP contribution in [0.5, 0.6) is 0 Å². The molecule has 0 aliphatic heterocycles. The molecule has 2 aromatic rings. The number of rotatable bonds is 2. The molecule has 0 saturated carbocycles. The van der Waals surface area contributed by atoms with E-state index < -0.39 is 0 Å². The van der Waals surface area contributed by atoms with Crippen molar-refractivity contribution in [2.24, 2.45) is 5.10 Å². The molecule has 18 heavy (non-hydrogen) atoms. The minimum Gasteiger partial charge on any atom is -0.265 e. The smallest absolute Gasteiger partial charge is 0.216 e. The number of hydrogen-bond donors (Lipinski definition) is 1. The maximum Gasteiger partial charge on any atom is 0.216 e. The largest absolute Gasteiger partial charge is 0.265 e. The van der Waals surface area contributed by atoms with Gasteiger partial charge in [0.1, 0.15) is 0 Å². The van der Waals surface area contributed by atoms with E-state index in [0.717, 1.165) is 11.4 Å². The van der Waals surface area contributed by atoms with Crippen molar-refractivity contribution in [3.8, 4) is 0 Å². The normalized spacial score (nSPS) is 12.2. The third kappa shape index (κ3) is 2.70. The van der Waals surface area contributed by atoms with Crippen LogP contribution in [0.2, 0.25) is 0 Å². The fourth-order valence-electron chi connectivity index (χ4n) is 1.46. The van der Waals surface area contributed by atoms with Gasteiger partial charge in [0.25, 0.3) is 0 Å². The molecule has 0 aliphatic rings. The van der Waals surface area contributed by atoms with Gasteiger partial charge in [0.2, 0.25) is 4.77 Å². The average molecular weight is 261 g/mol. The molecule has 0 amide bonds. The summed E-state index contributed by atoms with van der Waals surface area (Å²) in [6, 6.07) is 3.76. The first-order valence-electron chi connectivity index (χ1n) is 5.61. The predicted molar refractivity (Wildman–Crippen MR) is 73.3 cm³/mol. The summed E-state index contributed by atoms with van der Waals surface area (Å²) in [4.78, 5) is 3.96. The van der Waals surface area contributed by atoms with Crippen molar-refractivity contribution in [3.05, 3.63) is 40.7 Å². The lowest BCUT2D eigenvalue weighted by Gasteiger charge is -2.15. The summed E-state index contributed by atoms with van der Waals surface area (Å²) in [6.07, 6.45) is 5.18. The van der Waals surface area contributed by atoms with Gasteiger partial charge in [0.15, 0.2) is 5.82 Å². The van der Waals surface area contributed by atoms with E-state index >= 15 is 0 Å². The van der Waals surface area contributed by atoms with Crippen molar-refractivity contribution in [2.75, 3.05) is 0 Å². The Bertz CT molecular complexity index is 603. The molecule has 5 nitrogen and oxygen atoms in total. The van der Waals surface area contributed by atoms with Crippen molar-refractivity contribution in [1.82, 2.24) is 19.9 Å². The number of nitrogens with one attached hydrogen (secondary N) is 1. The van der Waals surface area contributed by atoms with Gasteiger partial charge < -0.3 is 0 Å². The highest BCUT2D eigenvalue weighted by Gasteiger charge is 2.21. The van der Waals surface area contributed by atoms with Crippen LogP contribution in [0.25, 0.3) is 0 Å². The summed E-state index contributed by atoms with van der Waals surface area (Å²) in [5.41, 5.74) is 0.844. The molecular formula is C12H15N5S. The molecule has 1 N–H and O–H groups in total. The molecule has 0 aliphatic carbocycles. The molecule has 0 spiro atoms. The SMILES string of the molecule is CC(C)(C)c1n[nH]c(=S)n1/N=C\c1ccncc1. The molecule has 0 aromatic carbocycles. The molecule has 6 heteroatoms. The Morgan fingerprint density at radius 2 is 2.00 bits per heavy atom. The van der Waals surface area contributed by atoms with Crippen LogP contribution >= 0.6 is 12.2 Å². The highest BCUT2D eigenvalue weighted by molar-refractivity contribution is 7.71. The Morgan fingerprint density at radius 3 is 2.61 bits per heavy atom. The van der Waals surface area contributed by atoms with Crippen LogP contribution in [-0.2, 0) is 5.41 Å². The van der Waals surface area contributed by atoms with Crippen LogP contribution in [0.3, 0.4) is 0 Å². The van der Waals surface area contributed by atoms with Crippen LogP contribution in [0, 0.1) is 4.77 Å². The lowest BCUT2D eigenvalue weighted by molar-refractivity contribution is 0.516. The van der Waals surface area contributed by atoms with E-state index in [1.54, 1.807) is 23.3 Å². The summed E-state index contributed by atoms with van der Waals surface area (Å²) in [7, 11) is 0. The zero-order valence-electron chi connectivity index (χ0n) is 10.6. The van der Waals surface area contributed by atoms with E-state index in [2.05, 4.69) is 41.1 Å². The second-order valence-corrected chi connectivity index (χ2v) is 5.33. The number of aromatic nitrogens is 4. The molecule has 0 fully saturated rings. The Labute approximate surface area is 111 Å². The Hall–Kier alpha value is -1.82. The number of hydrogen-bond acceptors (Lipinski definition) is 4. The van der Waals surface area contributed by atoms with Crippen LogP contribution < -0.4 is 0 Å². The topological polar surface area (TPSA) is 58.9 Å². The number of H-pyrrole nitrogens is 1. The maximum atomic E-state index is 5.18. The number of nitrogens with zero attached hydrogens (tertiary/aromatic N) is 4. The fraction of sp³-hybridized carbons (Fsp3) is 0.333. The first kappa shape index (κ1) is 12.6. The lowest BCUT2D eigenvalue weighted by Crippen LogP contribution is -2.17. The van der Waals surface area contributed by atoms with Gasteiger partial charge in [0, 0.05) is 17.8 Å². The fourth-order valence-corrected chi connectivity index (χ4v) is 1.64. The summed E-state index contributed by atoms with van der Waals surface area (Å²) in [5, 5.41) is 11.4. The van der Waals surface area contributed by atoms with Gasteiger partial charge in [-0.25, -0.2) is 0 Å². The number of pyridine rings is 1. The second-order valence-electron chi connectivity index (χ2n) is 4.94. The van der Waals surface area contributed by atoms with Crippen LogP contribution in [-0.4, -0.2) is 26.1 Å². The van der Waals surface area contributed by atoms with Gasteiger partial charge in [-0.15, -0.1) is 0 Å². The van der Waals surface area contributed by atoms with Crippen molar-refractivity contribution < 1.29 is 0 Å². The van der Waals surface area contributed by atoms with Gasteiger partial charge in [-0.1, -0.05) is 20.8 Å². The zero-order valence-corrected chi connectivity index (χ0v) is 11.4. The molecule has 2 rings (SSSR count). The minimum atomic E-state index is -0.122. The Morgan fingerprint density at radius 1 is 1.33 bits per heavy atom. The molecular weight excluding hydrogens is 246 g/mol. The molecule has 0 atom stereocenters. The highest BCUT2D eigenvalue weighted by atomic mass is 32.1. The summed E-state index contributed by atoms with van der Waals surface area (Å²) in [6.45, 7) is 6.20. The summed E-state index contributed by atoms with van der Waals surface area (Å²) < 4.78 is 2.14. The first-order valence-corrected chi connectivity index (χ1v) is 6.01. The highest BCUT2D eigenvalue weighted by Crippen LogP contribution is 2.19. The third-order valence-corrected chi connectivity index (χ3v) is 2.61. The van der Waals surface area contributed by atoms with Crippen molar-refractivity contribution in [2.45, 2.75) is 26.2 Å². The molecule has 0 bridgehead atoms. The van der Waals surface area contributed by atoms with Gasteiger partial charge in [-0.2, -0.15) is 14.9 Å². The molecule has 2 heterocycles. The van der Waals surface area contributed by atoms with E-state index in [4.69, 9.17) is 12.2 Å². The van der Waals surface area contributed by atoms with Gasteiger partial charge >= 0.3 is 0 Å². The molecule has 2 aromatic heterocycles. The van der Waals surface area contributed by atoms with E-state index in [1.165, 1.54) is 0 Å². The van der Waals surface area contributed by atoms with Crippen LogP contribution in [0.15, 0.2) is 29.6 Å². The Kier molecular flexibility index (Phi) is 3.38. The van der Waals surface area contributed by atoms with Crippen molar-refractivity contribution in [3.63, 3.8) is 0 Å². The zero-order chi connectivity index (χ0) is 13.2. The molecule has 0 radical (unpaired) electrons. The number of aromatic amines is 1. The molecule has 0 unspecified atom stereocenters. The van der Waals surface area contributed by atoms with E-state index in [1.807, 2.05) is 12.1 Å². The van der Waals surface area contributed by atoms with Crippen LogP contribution in [0.1, 0.15) is 32.2 Å². The van der Waals surface area contributed by atoms with Crippen molar-refractivity contribution in [1.29, 1.82) is 0 Å². The maximum absolute atomic E-state index is 5.18. The average Bonchev–Trinajstić information content (AvgIpc) is 2.69. The van der Waals surface area contributed by atoms with E-state index in [0.29, 0.717) is 4.77 Å². The second kappa shape index (κ2) is 4.81. The third-order valence-electron chi connectivity index (χ3n) is 2.35. The van der Waals surface area contributed by atoms with E-state index in [9.17, 15) is 0 Å². The molecule has 94 valence electrons. The van der Waals surface area contributed by atoms with Gasteiger partial charge in [-0.3, -0.25) is 10.1 Å². The van der Waals surface area contributed by atoms with Gasteiger partial charge in [0.05, 0.1) is 6.21 Å². The predicted octanol–water partition coefficient (Wildman–Crippen LogP) is 2.52. The van der Waals surface area contributed by atoms with Crippen molar-refractivity contribution >= 4 is 18.4 Å². The monoisotopic (exact) mass is 261 g/mol. The van der Waals surface area contributed by atoms with Crippen LogP contribution in [0.4, 0.5) is 0 Å². The first-order chi connectivity index (χ1) is 8.48. The summed E-state index contributed by atoms with van der Waals surface area (Å²) >= 11 is 5.18. The Balaban J connectivity index is 2.38. The summed E-state index contributed by atoms with van der Waals surface area (Å²) in [5.74, 6) is 0.804. The minimum absolute atomic E-state index is 0.122. The molecule has 0 saturated heterocycles. The van der Waals surface area contributed by atoms with Gasteiger partial charge in [-0.05, 0) is 29.9 Å². The quantitative estimate of drug-likeness (QED) is 0.667.